The van der Waals surface area contributed by atoms with Crippen LogP contribution in [-0.2, 0) is 0 Å². The predicted octanol–water partition coefficient (Wildman–Crippen LogP) is 2.97. The lowest BCUT2D eigenvalue weighted by Gasteiger charge is -2.35. The second kappa shape index (κ2) is 4.08. The second-order valence-corrected chi connectivity index (χ2v) is 5.12. The highest BCUT2D eigenvalue weighted by Crippen LogP contribution is 2.29. The molecule has 2 rings (SSSR count). The summed E-state index contributed by atoms with van der Waals surface area (Å²) in [7, 11) is 2.21. The minimum atomic E-state index is 0.739. The topological polar surface area (TPSA) is 25.2 Å². The van der Waals surface area contributed by atoms with Gasteiger partial charge in [-0.3, -0.25) is 4.98 Å². The number of rotatable bonds is 1. The van der Waals surface area contributed by atoms with Gasteiger partial charge in [0.05, 0.1) is 12.7 Å². The summed E-state index contributed by atoms with van der Waals surface area (Å²) in [5, 5.41) is 0. The molecule has 2 heterocycles. The highest BCUT2D eigenvalue weighted by Gasteiger charge is 2.33. The Labute approximate surface area is 103 Å². The number of hydrogen-bond acceptors (Lipinski definition) is 2. The zero-order valence-electron chi connectivity index (χ0n) is 11.3. The average Bonchev–Trinajstić information content (AvgIpc) is 2.27. The number of aryl methyl sites for hydroxylation is 2. The molecule has 0 saturated carbocycles. The maximum atomic E-state index is 4.51. The van der Waals surface area contributed by atoms with Crippen molar-refractivity contribution in [2.75, 3.05) is 13.6 Å². The molecular weight excluding hydrogens is 210 g/mol. The fraction of sp³-hybridized carbons (Fsp3) is 0.429. The van der Waals surface area contributed by atoms with Gasteiger partial charge in [-0.15, -0.1) is 0 Å². The lowest BCUT2D eigenvalue weighted by molar-refractivity contribution is 0.511. The van der Waals surface area contributed by atoms with Gasteiger partial charge in [0, 0.05) is 31.0 Å². The quantitative estimate of drug-likeness (QED) is 0.681. The van der Waals surface area contributed by atoms with Crippen LogP contribution in [0, 0.1) is 13.8 Å². The smallest absolute Gasteiger partial charge is 0.204 e. The Balaban J connectivity index is 2.56. The SMILES string of the molecule is CC1=CN=C(C)[N+](C)(c2cc(C)cnc2C)C1. The summed E-state index contributed by atoms with van der Waals surface area (Å²) < 4.78 is 0.739. The second-order valence-electron chi connectivity index (χ2n) is 5.12. The standard InChI is InChI=1S/C14H20N3/c1-10-6-14(12(3)15-7-10)17(5)9-11(2)8-16-13(17)4/h6-8H,9H2,1-5H3/q+1. The van der Waals surface area contributed by atoms with Crippen LogP contribution in [0.2, 0.25) is 0 Å². The van der Waals surface area contributed by atoms with E-state index in [0.717, 1.165) is 22.6 Å². The number of amidine groups is 1. The van der Waals surface area contributed by atoms with Crippen molar-refractivity contribution in [1.82, 2.24) is 9.47 Å². The Morgan fingerprint density at radius 2 is 1.88 bits per heavy atom. The maximum absolute atomic E-state index is 4.51. The van der Waals surface area contributed by atoms with Crippen molar-refractivity contribution < 1.29 is 0 Å². The van der Waals surface area contributed by atoms with Gasteiger partial charge in [-0.05, 0) is 26.3 Å². The summed E-state index contributed by atoms with van der Waals surface area (Å²) in [5.74, 6) is 1.12. The summed E-state index contributed by atoms with van der Waals surface area (Å²) in [6.07, 6.45) is 3.89. The first-order valence-corrected chi connectivity index (χ1v) is 5.93. The van der Waals surface area contributed by atoms with Crippen LogP contribution in [0.1, 0.15) is 25.1 Å². The van der Waals surface area contributed by atoms with Crippen LogP contribution in [0.15, 0.2) is 29.0 Å². The molecule has 1 aliphatic heterocycles. The van der Waals surface area contributed by atoms with Crippen molar-refractivity contribution in [3.05, 3.63) is 35.3 Å². The lowest BCUT2D eigenvalue weighted by atomic mass is 10.1. The van der Waals surface area contributed by atoms with Crippen LogP contribution in [0.5, 0.6) is 0 Å². The van der Waals surface area contributed by atoms with E-state index in [9.17, 15) is 0 Å². The summed E-state index contributed by atoms with van der Waals surface area (Å²) in [6.45, 7) is 9.34. The highest BCUT2D eigenvalue weighted by atomic mass is 15.4. The molecule has 0 aliphatic carbocycles. The van der Waals surface area contributed by atoms with Gasteiger partial charge in [0.25, 0.3) is 0 Å². The third-order valence-corrected chi connectivity index (χ3v) is 3.48. The molecule has 1 unspecified atom stereocenters. The van der Waals surface area contributed by atoms with Gasteiger partial charge in [0.1, 0.15) is 6.54 Å². The summed E-state index contributed by atoms with van der Waals surface area (Å²) in [4.78, 5) is 8.98. The van der Waals surface area contributed by atoms with Crippen LogP contribution >= 0.6 is 0 Å². The molecule has 0 saturated heterocycles. The van der Waals surface area contributed by atoms with Crippen molar-refractivity contribution in [3.63, 3.8) is 0 Å². The lowest BCUT2D eigenvalue weighted by Crippen LogP contribution is -2.52. The zero-order chi connectivity index (χ0) is 12.6. The molecular formula is C14H20N3+. The number of nitrogens with zero attached hydrogens (tertiary/aromatic N) is 3. The predicted molar refractivity (Wildman–Crippen MR) is 73.2 cm³/mol. The molecule has 1 atom stereocenters. The van der Waals surface area contributed by atoms with Gasteiger partial charge in [-0.2, -0.15) is 0 Å². The summed E-state index contributed by atoms with van der Waals surface area (Å²) in [6, 6.07) is 2.22. The molecule has 90 valence electrons. The van der Waals surface area contributed by atoms with E-state index in [0.29, 0.717) is 0 Å². The van der Waals surface area contributed by atoms with E-state index in [4.69, 9.17) is 0 Å². The number of aliphatic imine (C=N–C) groups is 1. The first-order valence-electron chi connectivity index (χ1n) is 5.93. The van der Waals surface area contributed by atoms with Gasteiger partial charge < -0.3 is 0 Å². The fourth-order valence-corrected chi connectivity index (χ4v) is 2.37. The van der Waals surface area contributed by atoms with E-state index in [-0.39, 0.29) is 0 Å². The Morgan fingerprint density at radius 3 is 2.59 bits per heavy atom. The van der Waals surface area contributed by atoms with Gasteiger partial charge in [-0.1, -0.05) is 0 Å². The number of hydrogen-bond donors (Lipinski definition) is 0. The molecule has 3 nitrogen and oxygen atoms in total. The van der Waals surface area contributed by atoms with Crippen LogP contribution in [-0.4, -0.2) is 24.4 Å². The van der Waals surface area contributed by atoms with Gasteiger partial charge in [-0.25, -0.2) is 9.48 Å². The number of quaternary nitrogens is 1. The van der Waals surface area contributed by atoms with Crippen LogP contribution in [0.4, 0.5) is 5.69 Å². The van der Waals surface area contributed by atoms with Crippen LogP contribution in [0.25, 0.3) is 0 Å². The number of pyridine rings is 1. The van der Waals surface area contributed by atoms with Crippen molar-refractivity contribution in [2.24, 2.45) is 4.99 Å². The van der Waals surface area contributed by atoms with Gasteiger partial charge in [0.15, 0.2) is 5.69 Å². The monoisotopic (exact) mass is 230 g/mol. The van der Waals surface area contributed by atoms with Gasteiger partial charge in [0.2, 0.25) is 5.84 Å². The van der Waals surface area contributed by atoms with Crippen LogP contribution in [0.3, 0.4) is 0 Å². The van der Waals surface area contributed by atoms with E-state index < -0.39 is 0 Å². The van der Waals surface area contributed by atoms with Gasteiger partial charge >= 0.3 is 0 Å². The molecule has 0 spiro atoms. The maximum Gasteiger partial charge on any atom is 0.204 e. The molecule has 0 radical (unpaired) electrons. The van der Waals surface area contributed by atoms with Crippen molar-refractivity contribution >= 4 is 11.5 Å². The minimum Gasteiger partial charge on any atom is -0.255 e. The number of aromatic nitrogens is 1. The molecule has 1 aliphatic rings. The van der Waals surface area contributed by atoms with E-state index in [2.05, 4.69) is 50.8 Å². The zero-order valence-corrected chi connectivity index (χ0v) is 11.3. The Morgan fingerprint density at radius 1 is 1.18 bits per heavy atom. The Bertz CT molecular complexity index is 514. The van der Waals surface area contributed by atoms with Crippen molar-refractivity contribution in [1.29, 1.82) is 0 Å². The van der Waals surface area contributed by atoms with Crippen molar-refractivity contribution in [2.45, 2.75) is 27.7 Å². The van der Waals surface area contributed by atoms with Crippen molar-refractivity contribution in [3.8, 4) is 0 Å². The summed E-state index contributed by atoms with van der Waals surface area (Å²) in [5.41, 5.74) is 4.84. The molecule has 1 aromatic heterocycles. The largest absolute Gasteiger partial charge is 0.255 e. The van der Waals surface area contributed by atoms with E-state index in [1.54, 1.807) is 0 Å². The number of likely N-dealkylation sites (N-methyl/N-ethyl adjacent to an activating group) is 1. The molecule has 0 fully saturated rings. The van der Waals surface area contributed by atoms with E-state index in [1.807, 2.05) is 12.4 Å². The fourth-order valence-electron chi connectivity index (χ4n) is 2.37. The van der Waals surface area contributed by atoms with E-state index in [1.165, 1.54) is 16.8 Å². The molecule has 0 amide bonds. The molecule has 1 aromatic rings. The molecule has 0 N–H and O–H groups in total. The Hall–Kier alpha value is -1.48. The third-order valence-electron chi connectivity index (χ3n) is 3.48. The average molecular weight is 230 g/mol. The molecule has 0 aromatic carbocycles. The molecule has 0 bridgehead atoms. The Kier molecular flexibility index (Phi) is 2.87. The van der Waals surface area contributed by atoms with E-state index >= 15 is 0 Å². The van der Waals surface area contributed by atoms with Crippen LogP contribution < -0.4 is 4.48 Å². The first-order chi connectivity index (χ1) is 7.93. The molecule has 17 heavy (non-hydrogen) atoms. The molecule has 3 heteroatoms. The minimum absolute atomic E-state index is 0.739. The normalized spacial score (nSPS) is 24.3. The third kappa shape index (κ3) is 2.03. The summed E-state index contributed by atoms with van der Waals surface area (Å²) >= 11 is 0. The first kappa shape index (κ1) is 12.0. The highest BCUT2D eigenvalue weighted by molar-refractivity contribution is 5.93.